The minimum atomic E-state index is 0.280. The van der Waals surface area contributed by atoms with Gasteiger partial charge in [-0.05, 0) is 12.8 Å². The number of carbonyl (C=O) groups is 1. The van der Waals surface area contributed by atoms with Crippen LogP contribution in [0, 0.1) is 0 Å². The summed E-state index contributed by atoms with van der Waals surface area (Å²) < 4.78 is 1.14. The highest BCUT2D eigenvalue weighted by Gasteiger charge is 2.15. The molecule has 1 aliphatic rings. The highest BCUT2D eigenvalue weighted by atomic mass is 79.9. The maximum atomic E-state index is 11.4. The number of halogens is 1. The molecule has 0 bridgehead atoms. The molecule has 0 atom stereocenters. The van der Waals surface area contributed by atoms with Gasteiger partial charge in [0.15, 0.2) is 0 Å². The van der Waals surface area contributed by atoms with Crippen LogP contribution in [0.25, 0.3) is 0 Å². The Morgan fingerprint density at radius 3 is 3.08 bits per heavy atom. The number of hydrogen-bond donors (Lipinski definition) is 0. The zero-order chi connectivity index (χ0) is 8.97. The number of hydrogen-bond acceptors (Lipinski definition) is 1. The second kappa shape index (κ2) is 4.65. The third-order valence-electron chi connectivity index (χ3n) is 1.92. The number of carbonyl (C=O) groups excluding carboxylic acids is 1. The lowest BCUT2D eigenvalue weighted by Crippen LogP contribution is -2.34. The smallest absolute Gasteiger partial charge is 0.222 e. The molecule has 2 nitrogen and oxygen atoms in total. The molecule has 0 saturated heterocycles. The van der Waals surface area contributed by atoms with Crippen molar-refractivity contribution in [1.82, 2.24) is 4.90 Å². The Labute approximate surface area is 81.8 Å². The first-order valence-electron chi connectivity index (χ1n) is 4.36. The summed E-state index contributed by atoms with van der Waals surface area (Å²) in [5.74, 6) is 0.280. The highest BCUT2D eigenvalue weighted by molar-refractivity contribution is 9.11. The second-order valence-electron chi connectivity index (χ2n) is 3.00. The number of nitrogens with zero attached hydrogens (tertiary/aromatic N) is 1. The van der Waals surface area contributed by atoms with E-state index in [1.165, 1.54) is 0 Å². The van der Waals surface area contributed by atoms with Crippen LogP contribution >= 0.6 is 15.9 Å². The van der Waals surface area contributed by atoms with Crippen molar-refractivity contribution in [2.45, 2.75) is 26.2 Å². The van der Waals surface area contributed by atoms with Gasteiger partial charge in [-0.3, -0.25) is 4.79 Å². The van der Waals surface area contributed by atoms with Crippen molar-refractivity contribution in [2.75, 3.05) is 13.1 Å². The largest absolute Gasteiger partial charge is 0.338 e. The van der Waals surface area contributed by atoms with Crippen LogP contribution in [-0.2, 0) is 4.79 Å². The van der Waals surface area contributed by atoms with Gasteiger partial charge >= 0.3 is 0 Å². The van der Waals surface area contributed by atoms with Crippen molar-refractivity contribution in [3.63, 3.8) is 0 Å². The fourth-order valence-electron chi connectivity index (χ4n) is 1.29. The summed E-state index contributed by atoms with van der Waals surface area (Å²) in [6.45, 7) is 3.68. The second-order valence-corrected chi connectivity index (χ2v) is 4.02. The molecule has 0 radical (unpaired) electrons. The van der Waals surface area contributed by atoms with Gasteiger partial charge in [-0.15, -0.1) is 0 Å². The van der Waals surface area contributed by atoms with Crippen LogP contribution in [0.2, 0.25) is 0 Å². The zero-order valence-electron chi connectivity index (χ0n) is 7.35. The van der Waals surface area contributed by atoms with Crippen LogP contribution in [0.1, 0.15) is 26.2 Å². The molecule has 0 saturated carbocycles. The van der Waals surface area contributed by atoms with Gasteiger partial charge in [0.05, 0.1) is 6.54 Å². The Morgan fingerprint density at radius 2 is 2.50 bits per heavy atom. The summed E-state index contributed by atoms with van der Waals surface area (Å²) in [4.78, 5) is 13.3. The van der Waals surface area contributed by atoms with Crippen LogP contribution < -0.4 is 0 Å². The summed E-state index contributed by atoms with van der Waals surface area (Å²) >= 11 is 3.42. The van der Waals surface area contributed by atoms with E-state index in [1.807, 2.05) is 11.8 Å². The third-order valence-corrected chi connectivity index (χ3v) is 2.50. The molecule has 0 N–H and O–H groups in total. The van der Waals surface area contributed by atoms with E-state index in [1.54, 1.807) is 0 Å². The van der Waals surface area contributed by atoms with Crippen LogP contribution in [0.5, 0.6) is 0 Å². The van der Waals surface area contributed by atoms with E-state index in [9.17, 15) is 4.79 Å². The van der Waals surface area contributed by atoms with Gasteiger partial charge in [0.25, 0.3) is 0 Å². The van der Waals surface area contributed by atoms with Crippen LogP contribution in [0.15, 0.2) is 10.6 Å². The molecule has 0 spiro atoms. The van der Waals surface area contributed by atoms with Crippen LogP contribution in [0.4, 0.5) is 0 Å². The average Bonchev–Trinajstić information content (AvgIpc) is 2.05. The molecule has 1 aliphatic heterocycles. The van der Waals surface area contributed by atoms with Gasteiger partial charge in [-0.1, -0.05) is 28.9 Å². The van der Waals surface area contributed by atoms with Gasteiger partial charge in [0.1, 0.15) is 0 Å². The third kappa shape index (κ3) is 2.63. The fourth-order valence-corrected chi connectivity index (χ4v) is 1.82. The average molecular weight is 232 g/mol. The van der Waals surface area contributed by atoms with Crippen LogP contribution in [-0.4, -0.2) is 23.9 Å². The van der Waals surface area contributed by atoms with E-state index >= 15 is 0 Å². The predicted octanol–water partition coefficient (Wildman–Crippen LogP) is 2.30. The van der Waals surface area contributed by atoms with Crippen molar-refractivity contribution in [2.24, 2.45) is 0 Å². The van der Waals surface area contributed by atoms with E-state index in [0.717, 1.165) is 30.4 Å². The molecule has 0 aromatic rings. The van der Waals surface area contributed by atoms with E-state index < -0.39 is 0 Å². The first-order chi connectivity index (χ1) is 5.74. The summed E-state index contributed by atoms with van der Waals surface area (Å²) in [6, 6.07) is 0. The molecular formula is C9H14BrNO. The lowest BCUT2D eigenvalue weighted by molar-refractivity contribution is -0.130. The lowest BCUT2D eigenvalue weighted by atomic mass is 10.2. The van der Waals surface area contributed by atoms with Crippen molar-refractivity contribution in [3.8, 4) is 0 Å². The molecule has 1 amide bonds. The molecule has 1 heterocycles. The summed E-state index contributed by atoms with van der Waals surface area (Å²) in [5, 5.41) is 0. The quantitative estimate of drug-likeness (QED) is 0.715. The standard InChI is InChI=1S/C9H14BrNO/c1-2-4-9(12)11-6-3-5-8(10)7-11/h5H,2-4,6-7H2,1H3. The Hall–Kier alpha value is -0.310. The van der Waals surface area contributed by atoms with Crippen molar-refractivity contribution < 1.29 is 4.79 Å². The van der Waals surface area contributed by atoms with Gasteiger partial charge in [0, 0.05) is 17.4 Å². The van der Waals surface area contributed by atoms with Gasteiger partial charge in [-0.2, -0.15) is 0 Å². The molecule has 1 rings (SSSR count). The van der Waals surface area contributed by atoms with Crippen molar-refractivity contribution in [3.05, 3.63) is 10.6 Å². The molecule has 0 aliphatic carbocycles. The maximum absolute atomic E-state index is 11.4. The molecular weight excluding hydrogens is 218 g/mol. The summed E-state index contributed by atoms with van der Waals surface area (Å²) in [5.41, 5.74) is 0. The monoisotopic (exact) mass is 231 g/mol. The maximum Gasteiger partial charge on any atom is 0.222 e. The number of rotatable bonds is 2. The Morgan fingerprint density at radius 1 is 1.75 bits per heavy atom. The Kier molecular flexibility index (Phi) is 3.79. The molecule has 0 aromatic heterocycles. The highest BCUT2D eigenvalue weighted by Crippen LogP contribution is 2.15. The molecule has 0 unspecified atom stereocenters. The van der Waals surface area contributed by atoms with Gasteiger partial charge in [0.2, 0.25) is 5.91 Å². The topological polar surface area (TPSA) is 20.3 Å². The SMILES string of the molecule is CCCC(=O)N1CCC=C(Br)C1. The summed E-state index contributed by atoms with van der Waals surface area (Å²) in [7, 11) is 0. The van der Waals surface area contributed by atoms with E-state index in [4.69, 9.17) is 0 Å². The molecule has 0 fully saturated rings. The van der Waals surface area contributed by atoms with Crippen molar-refractivity contribution >= 4 is 21.8 Å². The minimum absolute atomic E-state index is 0.280. The first-order valence-corrected chi connectivity index (χ1v) is 5.15. The summed E-state index contributed by atoms with van der Waals surface area (Å²) in [6.07, 6.45) is 4.74. The van der Waals surface area contributed by atoms with Crippen molar-refractivity contribution in [1.29, 1.82) is 0 Å². The van der Waals surface area contributed by atoms with E-state index in [0.29, 0.717) is 6.42 Å². The molecule has 12 heavy (non-hydrogen) atoms. The first kappa shape index (κ1) is 9.78. The predicted molar refractivity (Wildman–Crippen MR) is 53.1 cm³/mol. The fraction of sp³-hybridized carbons (Fsp3) is 0.667. The van der Waals surface area contributed by atoms with Gasteiger partial charge < -0.3 is 4.90 Å². The normalized spacial score (nSPS) is 17.5. The lowest BCUT2D eigenvalue weighted by Gasteiger charge is -2.25. The number of amides is 1. The molecule has 0 aromatic carbocycles. The minimum Gasteiger partial charge on any atom is -0.338 e. The van der Waals surface area contributed by atoms with Gasteiger partial charge in [-0.25, -0.2) is 0 Å². The zero-order valence-corrected chi connectivity index (χ0v) is 8.93. The van der Waals surface area contributed by atoms with Crippen LogP contribution in [0.3, 0.4) is 0 Å². The van der Waals surface area contributed by atoms with E-state index in [2.05, 4.69) is 22.0 Å². The molecule has 3 heteroatoms. The Bertz CT molecular complexity index is 201. The Balaban J connectivity index is 2.43. The molecule has 68 valence electrons. The van der Waals surface area contributed by atoms with E-state index in [-0.39, 0.29) is 5.91 Å².